The molecule has 0 saturated carbocycles. The Bertz CT molecular complexity index is 403. The average molecular weight is 235 g/mol. The molecular formula is C12H13NO4-2. The lowest BCUT2D eigenvalue weighted by Gasteiger charge is -2.05. The highest BCUT2D eigenvalue weighted by Gasteiger charge is 1.98. The summed E-state index contributed by atoms with van der Waals surface area (Å²) in [6.45, 7) is 0. The molecule has 0 saturated heterocycles. The summed E-state index contributed by atoms with van der Waals surface area (Å²) in [6.07, 6.45) is 4.23. The fourth-order valence-corrected chi connectivity index (χ4v) is 1.49. The van der Waals surface area contributed by atoms with Crippen molar-refractivity contribution in [3.63, 3.8) is 0 Å². The van der Waals surface area contributed by atoms with Crippen LogP contribution in [0.1, 0.15) is 41.7 Å². The first-order valence-electron chi connectivity index (χ1n) is 5.45. The van der Waals surface area contributed by atoms with Gasteiger partial charge in [0.1, 0.15) is 0 Å². The van der Waals surface area contributed by atoms with Crippen LogP contribution in [-0.2, 0) is 11.2 Å². The van der Waals surface area contributed by atoms with E-state index >= 15 is 0 Å². The van der Waals surface area contributed by atoms with Crippen LogP contribution in [0, 0.1) is 0 Å². The highest BCUT2D eigenvalue weighted by atomic mass is 16.4. The molecule has 0 amide bonds. The number of carbonyl (C=O) groups excluding carboxylic acids is 2. The number of carboxylic acid groups (broad SMARTS) is 2. The van der Waals surface area contributed by atoms with Gasteiger partial charge in [0, 0.05) is 23.4 Å². The molecule has 0 aromatic carbocycles. The van der Waals surface area contributed by atoms with Crippen molar-refractivity contribution in [2.24, 2.45) is 0 Å². The Hall–Kier alpha value is -1.91. The van der Waals surface area contributed by atoms with Gasteiger partial charge in [-0.2, -0.15) is 0 Å². The normalized spacial score (nSPS) is 10.1. The number of pyridine rings is 1. The number of nitrogens with zero attached hydrogens (tertiary/aromatic N) is 1. The molecule has 0 aliphatic heterocycles. The van der Waals surface area contributed by atoms with Gasteiger partial charge >= 0.3 is 0 Å². The van der Waals surface area contributed by atoms with E-state index in [1.165, 1.54) is 18.3 Å². The zero-order chi connectivity index (χ0) is 12.7. The maximum Gasteiger partial charge on any atom is 0.0716 e. The number of hydrogen-bond donors (Lipinski definition) is 0. The molecule has 1 aromatic rings. The zero-order valence-corrected chi connectivity index (χ0v) is 9.35. The minimum atomic E-state index is -1.22. The van der Waals surface area contributed by atoms with Crippen molar-refractivity contribution in [2.75, 3.05) is 0 Å². The van der Waals surface area contributed by atoms with Crippen LogP contribution >= 0.6 is 0 Å². The predicted octanol–water partition coefficient (Wildman–Crippen LogP) is -0.702. The molecule has 1 aromatic heterocycles. The molecule has 0 aliphatic carbocycles. The molecular weight excluding hydrogens is 222 g/mol. The lowest BCUT2D eigenvalue weighted by molar-refractivity contribution is -0.305. The molecule has 1 heterocycles. The average Bonchev–Trinajstić information content (AvgIpc) is 2.28. The van der Waals surface area contributed by atoms with Crippen LogP contribution in [0.25, 0.3) is 0 Å². The number of carbonyl (C=O) groups is 2. The van der Waals surface area contributed by atoms with Crippen LogP contribution in [0.2, 0.25) is 0 Å². The van der Waals surface area contributed by atoms with E-state index in [2.05, 4.69) is 4.98 Å². The van der Waals surface area contributed by atoms with Crippen molar-refractivity contribution in [2.45, 2.75) is 32.1 Å². The van der Waals surface area contributed by atoms with E-state index in [-0.39, 0.29) is 12.0 Å². The minimum Gasteiger partial charge on any atom is -0.550 e. The number of aryl methyl sites for hydroxylation is 1. The third-order valence-corrected chi connectivity index (χ3v) is 2.37. The van der Waals surface area contributed by atoms with Crippen molar-refractivity contribution in [1.82, 2.24) is 4.98 Å². The van der Waals surface area contributed by atoms with E-state index in [0.717, 1.165) is 12.8 Å². The van der Waals surface area contributed by atoms with Crippen molar-refractivity contribution in [3.8, 4) is 0 Å². The second-order valence-corrected chi connectivity index (χ2v) is 3.76. The Morgan fingerprint density at radius 2 is 1.94 bits per heavy atom. The number of aromatic carboxylic acids is 1. The molecule has 17 heavy (non-hydrogen) atoms. The first kappa shape index (κ1) is 13.2. The monoisotopic (exact) mass is 235 g/mol. The predicted molar refractivity (Wildman–Crippen MR) is 55.7 cm³/mol. The fraction of sp³-hybridized carbons (Fsp3) is 0.417. The third-order valence-electron chi connectivity index (χ3n) is 2.37. The maximum absolute atomic E-state index is 10.6. The van der Waals surface area contributed by atoms with Gasteiger partial charge in [-0.1, -0.05) is 6.42 Å². The Morgan fingerprint density at radius 3 is 2.59 bits per heavy atom. The first-order valence-corrected chi connectivity index (χ1v) is 5.45. The fourth-order valence-electron chi connectivity index (χ4n) is 1.49. The van der Waals surface area contributed by atoms with Gasteiger partial charge < -0.3 is 19.8 Å². The van der Waals surface area contributed by atoms with Gasteiger partial charge in [-0.3, -0.25) is 4.98 Å². The second kappa shape index (κ2) is 6.62. The van der Waals surface area contributed by atoms with Crippen LogP contribution in [0.3, 0.4) is 0 Å². The standard InChI is InChI=1S/C12H15NO4/c14-11(15)5-3-1-2-4-10-8-9(12(16)17)6-7-13-10/h6-8H,1-5H2,(H,14,15)(H,16,17)/p-2. The van der Waals surface area contributed by atoms with Crippen LogP contribution in [0.15, 0.2) is 18.3 Å². The smallest absolute Gasteiger partial charge is 0.0716 e. The molecule has 0 radical (unpaired) electrons. The number of unbranched alkanes of at least 4 members (excludes halogenated alkanes) is 2. The Kier molecular flexibility index (Phi) is 5.13. The van der Waals surface area contributed by atoms with Gasteiger partial charge in [-0.25, -0.2) is 0 Å². The van der Waals surface area contributed by atoms with Crippen LogP contribution in [0.5, 0.6) is 0 Å². The molecule has 0 unspecified atom stereocenters. The van der Waals surface area contributed by atoms with Crippen molar-refractivity contribution in [3.05, 3.63) is 29.6 Å². The first-order chi connectivity index (χ1) is 8.09. The number of aliphatic carboxylic acids is 1. The highest BCUT2D eigenvalue weighted by molar-refractivity contribution is 5.85. The van der Waals surface area contributed by atoms with Gasteiger partial charge in [0.05, 0.1) is 5.97 Å². The number of hydrogen-bond acceptors (Lipinski definition) is 5. The molecule has 0 fully saturated rings. The van der Waals surface area contributed by atoms with Gasteiger partial charge in [0.2, 0.25) is 0 Å². The SMILES string of the molecule is O=C([O-])CCCCCc1cc(C(=O)[O-])ccn1. The quantitative estimate of drug-likeness (QED) is 0.582. The lowest BCUT2D eigenvalue weighted by Crippen LogP contribution is -2.22. The summed E-state index contributed by atoms with van der Waals surface area (Å²) in [4.78, 5) is 24.8. The maximum atomic E-state index is 10.6. The third kappa shape index (κ3) is 5.10. The van der Waals surface area contributed by atoms with E-state index in [4.69, 9.17) is 0 Å². The van der Waals surface area contributed by atoms with Crippen molar-refractivity contribution < 1.29 is 19.8 Å². The summed E-state index contributed by atoms with van der Waals surface area (Å²) >= 11 is 0. The van der Waals surface area contributed by atoms with Crippen LogP contribution < -0.4 is 10.2 Å². The zero-order valence-electron chi connectivity index (χ0n) is 9.35. The van der Waals surface area contributed by atoms with E-state index in [9.17, 15) is 19.8 Å². The molecule has 5 heteroatoms. The number of aromatic nitrogens is 1. The highest BCUT2D eigenvalue weighted by Crippen LogP contribution is 2.07. The lowest BCUT2D eigenvalue weighted by atomic mass is 10.1. The summed E-state index contributed by atoms with van der Waals surface area (Å²) < 4.78 is 0. The Balaban J connectivity index is 2.34. The number of carboxylic acids is 2. The van der Waals surface area contributed by atoms with Crippen LogP contribution in [0.4, 0.5) is 0 Å². The summed E-state index contributed by atoms with van der Waals surface area (Å²) in [6, 6.07) is 2.86. The van der Waals surface area contributed by atoms with E-state index in [1.54, 1.807) is 0 Å². The van der Waals surface area contributed by atoms with Gasteiger partial charge in [-0.15, -0.1) is 0 Å². The van der Waals surface area contributed by atoms with Crippen molar-refractivity contribution >= 4 is 11.9 Å². The molecule has 5 nitrogen and oxygen atoms in total. The molecule has 0 spiro atoms. The topological polar surface area (TPSA) is 93.1 Å². The largest absolute Gasteiger partial charge is 0.550 e. The molecule has 0 N–H and O–H groups in total. The summed E-state index contributed by atoms with van der Waals surface area (Å²) in [5, 5.41) is 20.7. The van der Waals surface area contributed by atoms with E-state index in [0.29, 0.717) is 18.5 Å². The van der Waals surface area contributed by atoms with Gasteiger partial charge in [-0.05, 0) is 37.8 Å². The molecule has 0 bridgehead atoms. The molecule has 1 rings (SSSR count). The van der Waals surface area contributed by atoms with Crippen LogP contribution in [-0.4, -0.2) is 16.9 Å². The molecule has 0 atom stereocenters. The summed E-state index contributed by atoms with van der Waals surface area (Å²) in [5.74, 6) is -2.26. The van der Waals surface area contributed by atoms with Gasteiger partial charge in [0.25, 0.3) is 0 Å². The van der Waals surface area contributed by atoms with E-state index < -0.39 is 11.9 Å². The Morgan fingerprint density at radius 1 is 1.18 bits per heavy atom. The summed E-state index contributed by atoms with van der Waals surface area (Å²) in [7, 11) is 0. The summed E-state index contributed by atoms with van der Waals surface area (Å²) in [5.41, 5.74) is 0.796. The molecule has 0 aliphatic rings. The van der Waals surface area contributed by atoms with E-state index in [1.807, 2.05) is 0 Å². The second-order valence-electron chi connectivity index (χ2n) is 3.76. The molecule has 92 valence electrons. The Labute approximate surface area is 99.1 Å². The minimum absolute atomic E-state index is 0.0620. The number of rotatable bonds is 7. The van der Waals surface area contributed by atoms with Crippen molar-refractivity contribution in [1.29, 1.82) is 0 Å². The van der Waals surface area contributed by atoms with Gasteiger partial charge in [0.15, 0.2) is 0 Å².